The zero-order valence-corrected chi connectivity index (χ0v) is 15.4. The van der Waals surface area contributed by atoms with Crippen LogP contribution in [-0.2, 0) is 0 Å². The van der Waals surface area contributed by atoms with E-state index in [-0.39, 0.29) is 0 Å². The molecular formula is C20H36N2O. The fraction of sp³-hybridized carbons (Fsp3) is 0.700. The Morgan fingerprint density at radius 3 is 2.61 bits per heavy atom. The first-order chi connectivity index (χ1) is 11.2. The van der Waals surface area contributed by atoms with Crippen molar-refractivity contribution in [1.29, 1.82) is 0 Å². The molecule has 0 aliphatic rings. The summed E-state index contributed by atoms with van der Waals surface area (Å²) in [6.45, 7) is 10.6. The summed E-state index contributed by atoms with van der Waals surface area (Å²) >= 11 is 0. The van der Waals surface area contributed by atoms with Gasteiger partial charge in [-0.15, -0.1) is 0 Å². The number of hydrogen-bond donors (Lipinski definition) is 2. The third kappa shape index (κ3) is 11.0. The summed E-state index contributed by atoms with van der Waals surface area (Å²) in [5, 5.41) is 6.95. The van der Waals surface area contributed by atoms with Gasteiger partial charge < -0.3 is 15.4 Å². The molecule has 0 unspecified atom stereocenters. The zero-order valence-electron chi connectivity index (χ0n) is 15.4. The van der Waals surface area contributed by atoms with Crippen molar-refractivity contribution < 1.29 is 4.74 Å². The van der Waals surface area contributed by atoms with Crippen LogP contribution in [0.4, 0.5) is 5.69 Å². The number of hydrogen-bond acceptors (Lipinski definition) is 3. The fourth-order valence-electron chi connectivity index (χ4n) is 2.38. The van der Waals surface area contributed by atoms with E-state index in [1.807, 2.05) is 12.1 Å². The molecule has 1 rings (SSSR count). The minimum Gasteiger partial charge on any atom is -0.494 e. The lowest BCUT2D eigenvalue weighted by Crippen LogP contribution is -2.23. The molecule has 1 aromatic carbocycles. The molecule has 3 nitrogen and oxygen atoms in total. The lowest BCUT2D eigenvalue weighted by Gasteiger charge is -2.11. The average Bonchev–Trinajstić information content (AvgIpc) is 2.53. The Hall–Kier alpha value is -1.22. The van der Waals surface area contributed by atoms with E-state index in [1.165, 1.54) is 32.1 Å². The van der Waals surface area contributed by atoms with E-state index >= 15 is 0 Å². The number of ether oxygens (including phenoxy) is 1. The van der Waals surface area contributed by atoms with Crippen molar-refractivity contribution >= 4 is 5.69 Å². The monoisotopic (exact) mass is 320 g/mol. The standard InChI is InChI=1S/C20H36N2O/c1-4-5-6-7-8-13-21-14-15-22-19-10-9-11-20(17-19)23-16-12-18(2)3/h9-11,17-18,21-22H,4-8,12-16H2,1-3H3. The second kappa shape index (κ2) is 13.2. The fourth-order valence-corrected chi connectivity index (χ4v) is 2.38. The zero-order chi connectivity index (χ0) is 16.8. The first kappa shape index (κ1) is 19.8. The Labute approximate surface area is 143 Å². The van der Waals surface area contributed by atoms with Crippen molar-refractivity contribution in [2.75, 3.05) is 31.6 Å². The predicted octanol–water partition coefficient (Wildman–Crippen LogP) is 5.08. The van der Waals surface area contributed by atoms with E-state index in [4.69, 9.17) is 4.74 Å². The maximum atomic E-state index is 5.79. The molecule has 2 N–H and O–H groups in total. The van der Waals surface area contributed by atoms with Crippen molar-refractivity contribution in [3.63, 3.8) is 0 Å². The van der Waals surface area contributed by atoms with Gasteiger partial charge in [-0.05, 0) is 37.4 Å². The van der Waals surface area contributed by atoms with Gasteiger partial charge in [0.05, 0.1) is 6.61 Å². The van der Waals surface area contributed by atoms with Gasteiger partial charge in [0.15, 0.2) is 0 Å². The Kier molecular flexibility index (Phi) is 11.4. The number of anilines is 1. The number of rotatable bonds is 14. The molecule has 0 atom stereocenters. The summed E-state index contributed by atoms with van der Waals surface area (Å²) < 4.78 is 5.79. The maximum absolute atomic E-state index is 5.79. The van der Waals surface area contributed by atoms with Crippen LogP contribution < -0.4 is 15.4 Å². The maximum Gasteiger partial charge on any atom is 0.121 e. The van der Waals surface area contributed by atoms with Crippen LogP contribution in [0.3, 0.4) is 0 Å². The van der Waals surface area contributed by atoms with Crippen molar-refractivity contribution in [3.8, 4) is 5.75 Å². The van der Waals surface area contributed by atoms with Crippen LogP contribution in [0.1, 0.15) is 59.3 Å². The molecule has 0 aliphatic carbocycles. The average molecular weight is 321 g/mol. The van der Waals surface area contributed by atoms with Gasteiger partial charge in [-0.3, -0.25) is 0 Å². The summed E-state index contributed by atoms with van der Waals surface area (Å²) in [6.07, 6.45) is 7.80. The minimum atomic E-state index is 0.685. The molecule has 1 aromatic rings. The van der Waals surface area contributed by atoms with Gasteiger partial charge in [-0.2, -0.15) is 0 Å². The number of benzene rings is 1. The Balaban J connectivity index is 2.08. The molecule has 23 heavy (non-hydrogen) atoms. The molecule has 132 valence electrons. The van der Waals surface area contributed by atoms with Crippen LogP contribution in [0.5, 0.6) is 5.75 Å². The molecule has 0 heterocycles. The van der Waals surface area contributed by atoms with Gasteiger partial charge >= 0.3 is 0 Å². The van der Waals surface area contributed by atoms with E-state index < -0.39 is 0 Å². The first-order valence-corrected chi connectivity index (χ1v) is 9.39. The van der Waals surface area contributed by atoms with E-state index in [1.54, 1.807) is 0 Å². The summed E-state index contributed by atoms with van der Waals surface area (Å²) in [7, 11) is 0. The molecule has 0 saturated carbocycles. The van der Waals surface area contributed by atoms with Crippen LogP contribution in [0.2, 0.25) is 0 Å². The number of nitrogens with one attached hydrogen (secondary N) is 2. The Morgan fingerprint density at radius 1 is 1.00 bits per heavy atom. The van der Waals surface area contributed by atoms with Crippen molar-refractivity contribution in [1.82, 2.24) is 5.32 Å². The molecule has 0 radical (unpaired) electrons. The van der Waals surface area contributed by atoms with Gasteiger partial charge in [-0.1, -0.05) is 52.5 Å². The van der Waals surface area contributed by atoms with Gasteiger partial charge in [0.1, 0.15) is 5.75 Å². The summed E-state index contributed by atoms with van der Waals surface area (Å²) in [5.74, 6) is 1.64. The van der Waals surface area contributed by atoms with Crippen LogP contribution in [-0.4, -0.2) is 26.2 Å². The van der Waals surface area contributed by atoms with Crippen LogP contribution in [0.15, 0.2) is 24.3 Å². The molecule has 0 spiro atoms. The highest BCUT2D eigenvalue weighted by atomic mass is 16.5. The smallest absolute Gasteiger partial charge is 0.121 e. The lowest BCUT2D eigenvalue weighted by atomic mass is 10.1. The van der Waals surface area contributed by atoms with E-state index in [2.05, 4.69) is 43.5 Å². The molecule has 0 aliphatic heterocycles. The van der Waals surface area contributed by atoms with Gasteiger partial charge in [0.25, 0.3) is 0 Å². The third-order valence-corrected chi connectivity index (χ3v) is 3.89. The molecule has 0 bridgehead atoms. The molecule has 3 heteroatoms. The van der Waals surface area contributed by atoms with Crippen LogP contribution >= 0.6 is 0 Å². The van der Waals surface area contributed by atoms with Crippen molar-refractivity contribution in [2.24, 2.45) is 5.92 Å². The minimum absolute atomic E-state index is 0.685. The third-order valence-electron chi connectivity index (χ3n) is 3.89. The Morgan fingerprint density at radius 2 is 1.83 bits per heavy atom. The summed E-state index contributed by atoms with van der Waals surface area (Å²) in [6, 6.07) is 8.26. The summed E-state index contributed by atoms with van der Waals surface area (Å²) in [5.41, 5.74) is 1.14. The van der Waals surface area contributed by atoms with Gasteiger partial charge in [0.2, 0.25) is 0 Å². The second-order valence-corrected chi connectivity index (χ2v) is 6.65. The van der Waals surface area contributed by atoms with E-state index in [0.29, 0.717) is 5.92 Å². The molecule has 0 fully saturated rings. The van der Waals surface area contributed by atoms with E-state index in [9.17, 15) is 0 Å². The quantitative estimate of drug-likeness (QED) is 0.469. The normalized spacial score (nSPS) is 11.0. The number of unbranched alkanes of at least 4 members (excludes halogenated alkanes) is 4. The summed E-state index contributed by atoms with van der Waals surface area (Å²) in [4.78, 5) is 0. The van der Waals surface area contributed by atoms with E-state index in [0.717, 1.165) is 44.1 Å². The second-order valence-electron chi connectivity index (χ2n) is 6.65. The highest BCUT2D eigenvalue weighted by Gasteiger charge is 1.98. The van der Waals surface area contributed by atoms with Crippen LogP contribution in [0, 0.1) is 5.92 Å². The largest absolute Gasteiger partial charge is 0.494 e. The highest BCUT2D eigenvalue weighted by molar-refractivity contribution is 5.48. The predicted molar refractivity (Wildman–Crippen MR) is 102 cm³/mol. The molecular weight excluding hydrogens is 284 g/mol. The molecule has 0 amide bonds. The first-order valence-electron chi connectivity index (χ1n) is 9.39. The molecule has 0 saturated heterocycles. The van der Waals surface area contributed by atoms with Crippen molar-refractivity contribution in [3.05, 3.63) is 24.3 Å². The highest BCUT2D eigenvalue weighted by Crippen LogP contribution is 2.17. The van der Waals surface area contributed by atoms with Crippen molar-refractivity contribution in [2.45, 2.75) is 59.3 Å². The van der Waals surface area contributed by atoms with Crippen LogP contribution in [0.25, 0.3) is 0 Å². The van der Waals surface area contributed by atoms with Gasteiger partial charge in [0, 0.05) is 24.8 Å². The van der Waals surface area contributed by atoms with Gasteiger partial charge in [-0.25, -0.2) is 0 Å². The molecule has 0 aromatic heterocycles. The SMILES string of the molecule is CCCCCCCNCCNc1cccc(OCCC(C)C)c1. The Bertz CT molecular complexity index is 393. The lowest BCUT2D eigenvalue weighted by molar-refractivity contribution is 0.289. The topological polar surface area (TPSA) is 33.3 Å².